The minimum atomic E-state index is 0.474. The second-order valence-electron chi connectivity index (χ2n) is 6.65. The molecule has 4 rings (SSSR count). The minimum absolute atomic E-state index is 0.474. The van der Waals surface area contributed by atoms with Crippen molar-refractivity contribution in [2.75, 3.05) is 30.7 Å². The Balaban J connectivity index is 1.52. The molecular weight excluding hydrogens is 316 g/mol. The second-order valence-corrected chi connectivity index (χ2v) is 6.65. The van der Waals surface area contributed by atoms with Crippen LogP contribution >= 0.6 is 0 Å². The summed E-state index contributed by atoms with van der Waals surface area (Å²) in [6, 6.07) is 0. The Morgan fingerprint density at radius 3 is 2.84 bits per heavy atom. The number of anilines is 3. The molecule has 3 aromatic rings. The molecule has 0 unspecified atom stereocenters. The smallest absolute Gasteiger partial charge is 0.231 e. The summed E-state index contributed by atoms with van der Waals surface area (Å²) in [5.74, 6) is 0.980. The molecule has 8 heteroatoms. The number of piperidine rings is 1. The van der Waals surface area contributed by atoms with Crippen LogP contribution in [0.25, 0.3) is 11.0 Å². The largest absolute Gasteiger partial charge is 0.383 e. The van der Waals surface area contributed by atoms with Crippen molar-refractivity contribution < 1.29 is 0 Å². The van der Waals surface area contributed by atoms with E-state index in [4.69, 9.17) is 5.73 Å². The number of nitrogens with one attached hydrogen (secondary N) is 2. The van der Waals surface area contributed by atoms with E-state index in [1.807, 2.05) is 19.4 Å². The van der Waals surface area contributed by atoms with Gasteiger partial charge in [-0.05, 0) is 37.9 Å². The fourth-order valence-corrected chi connectivity index (χ4v) is 3.46. The summed E-state index contributed by atoms with van der Waals surface area (Å²) in [5.41, 5.74) is 9.01. The summed E-state index contributed by atoms with van der Waals surface area (Å²) in [6.45, 7) is 3.46. The van der Waals surface area contributed by atoms with Crippen molar-refractivity contribution >= 4 is 28.5 Å². The van der Waals surface area contributed by atoms with E-state index >= 15 is 0 Å². The molecule has 8 nitrogen and oxygen atoms in total. The fraction of sp³-hybridized carbons (Fsp3) is 0.471. The van der Waals surface area contributed by atoms with Gasteiger partial charge in [0, 0.05) is 26.0 Å². The Labute approximate surface area is 146 Å². The first-order chi connectivity index (χ1) is 12.2. The van der Waals surface area contributed by atoms with Gasteiger partial charge < -0.3 is 20.9 Å². The number of rotatable bonds is 5. The third-order valence-electron chi connectivity index (χ3n) is 4.75. The third kappa shape index (κ3) is 3.43. The second kappa shape index (κ2) is 6.72. The summed E-state index contributed by atoms with van der Waals surface area (Å²) in [7, 11) is 1.86. The number of likely N-dealkylation sites (tertiary alicyclic amines) is 1. The zero-order chi connectivity index (χ0) is 17.2. The Hall–Kier alpha value is -2.61. The van der Waals surface area contributed by atoms with Gasteiger partial charge in [0.1, 0.15) is 11.5 Å². The van der Waals surface area contributed by atoms with Crippen molar-refractivity contribution in [2.24, 2.45) is 7.05 Å². The Bertz CT molecular complexity index is 859. The molecule has 1 aliphatic rings. The van der Waals surface area contributed by atoms with Crippen molar-refractivity contribution in [2.45, 2.75) is 25.7 Å². The lowest BCUT2D eigenvalue weighted by Crippen LogP contribution is -2.31. The molecule has 1 fully saturated rings. The number of hydrogen-bond donors (Lipinski definition) is 3. The summed E-state index contributed by atoms with van der Waals surface area (Å²) >= 11 is 0. The number of aromatic nitrogens is 5. The third-order valence-corrected chi connectivity index (χ3v) is 4.75. The van der Waals surface area contributed by atoms with E-state index in [1.54, 1.807) is 10.9 Å². The normalized spacial score (nSPS) is 15.7. The summed E-state index contributed by atoms with van der Waals surface area (Å²) in [5, 5.41) is 8.20. The molecule has 25 heavy (non-hydrogen) atoms. The number of H-pyrrole nitrogens is 1. The van der Waals surface area contributed by atoms with Gasteiger partial charge in [0.2, 0.25) is 5.95 Å². The lowest BCUT2D eigenvalue weighted by molar-refractivity contribution is 0.231. The number of fused-ring (bicyclic) bond motifs is 1. The molecule has 4 heterocycles. The molecule has 132 valence electrons. The van der Waals surface area contributed by atoms with Crippen molar-refractivity contribution in [1.29, 1.82) is 0 Å². The zero-order valence-corrected chi connectivity index (χ0v) is 14.5. The first kappa shape index (κ1) is 15.9. The Morgan fingerprint density at radius 2 is 2.08 bits per heavy atom. The van der Waals surface area contributed by atoms with Gasteiger partial charge in [0.15, 0.2) is 0 Å². The van der Waals surface area contributed by atoms with Gasteiger partial charge in [-0.25, -0.2) is 0 Å². The first-order valence-electron chi connectivity index (χ1n) is 8.80. The number of aryl methyl sites for hydroxylation is 1. The van der Waals surface area contributed by atoms with Crippen molar-refractivity contribution in [3.05, 3.63) is 24.2 Å². The van der Waals surface area contributed by atoms with Gasteiger partial charge >= 0.3 is 0 Å². The molecule has 0 aliphatic carbocycles. The monoisotopic (exact) mass is 340 g/mol. The van der Waals surface area contributed by atoms with Crippen molar-refractivity contribution in [3.8, 4) is 0 Å². The molecule has 0 bridgehead atoms. The highest BCUT2D eigenvalue weighted by atomic mass is 15.3. The average Bonchev–Trinajstić information content (AvgIpc) is 3.20. The van der Waals surface area contributed by atoms with E-state index in [1.165, 1.54) is 37.9 Å². The summed E-state index contributed by atoms with van der Waals surface area (Å²) in [6.07, 6.45) is 10.5. The topological polar surface area (TPSA) is 101 Å². The van der Waals surface area contributed by atoms with Crippen LogP contribution in [-0.2, 0) is 13.5 Å². The zero-order valence-electron chi connectivity index (χ0n) is 14.5. The van der Waals surface area contributed by atoms with Crippen LogP contribution in [0.4, 0.5) is 17.5 Å². The van der Waals surface area contributed by atoms with Crippen LogP contribution in [0.5, 0.6) is 0 Å². The van der Waals surface area contributed by atoms with Crippen molar-refractivity contribution in [1.82, 2.24) is 29.6 Å². The Morgan fingerprint density at radius 1 is 1.24 bits per heavy atom. The first-order valence-corrected chi connectivity index (χ1v) is 8.80. The maximum Gasteiger partial charge on any atom is 0.231 e. The predicted molar refractivity (Wildman–Crippen MR) is 98.8 cm³/mol. The molecule has 0 saturated carbocycles. The van der Waals surface area contributed by atoms with Crippen LogP contribution in [0.1, 0.15) is 24.8 Å². The summed E-state index contributed by atoms with van der Waals surface area (Å²) < 4.78 is 1.72. The number of aromatic amines is 1. The predicted octanol–water partition coefficient (Wildman–Crippen LogP) is 2.05. The highest BCUT2D eigenvalue weighted by Crippen LogP contribution is 2.25. The van der Waals surface area contributed by atoms with E-state index in [9.17, 15) is 0 Å². The van der Waals surface area contributed by atoms with E-state index < -0.39 is 0 Å². The van der Waals surface area contributed by atoms with E-state index in [-0.39, 0.29) is 0 Å². The molecule has 0 amide bonds. The van der Waals surface area contributed by atoms with Crippen LogP contribution in [0.3, 0.4) is 0 Å². The molecule has 1 aliphatic heterocycles. The van der Waals surface area contributed by atoms with Crippen LogP contribution < -0.4 is 11.1 Å². The lowest BCUT2D eigenvalue weighted by Gasteiger charge is -2.26. The van der Waals surface area contributed by atoms with E-state index in [0.29, 0.717) is 11.8 Å². The molecule has 1 saturated heterocycles. The van der Waals surface area contributed by atoms with Crippen LogP contribution in [0.2, 0.25) is 0 Å². The van der Waals surface area contributed by atoms with Gasteiger partial charge in [-0.1, -0.05) is 6.42 Å². The maximum atomic E-state index is 6.22. The SMILES string of the molecule is Cn1cc(Nc2nc(N)c3c(CCN4CCCCC4)c[nH]c3n2)cn1. The maximum absolute atomic E-state index is 6.22. The van der Waals surface area contributed by atoms with Gasteiger partial charge in [-0.2, -0.15) is 15.1 Å². The van der Waals surface area contributed by atoms with Gasteiger partial charge in [0.05, 0.1) is 17.3 Å². The lowest BCUT2D eigenvalue weighted by atomic mass is 10.1. The quantitative estimate of drug-likeness (QED) is 0.657. The van der Waals surface area contributed by atoms with E-state index in [0.717, 1.165) is 29.7 Å². The van der Waals surface area contributed by atoms with Crippen LogP contribution in [0, 0.1) is 0 Å². The minimum Gasteiger partial charge on any atom is -0.383 e. The van der Waals surface area contributed by atoms with Crippen LogP contribution in [-0.4, -0.2) is 49.3 Å². The number of nitrogen functional groups attached to an aromatic ring is 1. The Kier molecular flexibility index (Phi) is 4.27. The molecule has 0 aromatic carbocycles. The average molecular weight is 340 g/mol. The fourth-order valence-electron chi connectivity index (χ4n) is 3.46. The number of nitrogens with zero attached hydrogens (tertiary/aromatic N) is 5. The summed E-state index contributed by atoms with van der Waals surface area (Å²) in [4.78, 5) is 14.7. The molecule has 0 atom stereocenters. The van der Waals surface area contributed by atoms with Gasteiger partial charge in [-0.3, -0.25) is 4.68 Å². The molecule has 3 aromatic heterocycles. The highest BCUT2D eigenvalue weighted by molar-refractivity contribution is 5.90. The standard InChI is InChI=1S/C17H24N8/c1-24-11-13(10-20-24)21-17-22-15(18)14-12(9-19-16(14)23-17)5-8-25-6-3-2-4-7-25/h9-11H,2-8H2,1H3,(H4,18,19,21,22,23). The van der Waals surface area contributed by atoms with Crippen LogP contribution in [0.15, 0.2) is 18.6 Å². The number of hydrogen-bond acceptors (Lipinski definition) is 6. The molecular formula is C17H24N8. The van der Waals surface area contributed by atoms with E-state index in [2.05, 4.69) is 30.3 Å². The number of nitrogens with two attached hydrogens (primary N) is 1. The highest BCUT2D eigenvalue weighted by Gasteiger charge is 2.15. The molecule has 0 spiro atoms. The van der Waals surface area contributed by atoms with Crippen molar-refractivity contribution in [3.63, 3.8) is 0 Å². The molecule has 0 radical (unpaired) electrons. The van der Waals surface area contributed by atoms with Gasteiger partial charge in [-0.15, -0.1) is 0 Å². The van der Waals surface area contributed by atoms with Gasteiger partial charge in [0.25, 0.3) is 0 Å². The molecule has 4 N–H and O–H groups in total.